The van der Waals surface area contributed by atoms with Gasteiger partial charge in [0.05, 0.1) is 6.20 Å². The molecule has 148 valence electrons. The predicted octanol–water partition coefficient (Wildman–Crippen LogP) is 3.53. The molecule has 28 heavy (non-hydrogen) atoms. The van der Waals surface area contributed by atoms with Gasteiger partial charge in [-0.2, -0.15) is 5.10 Å². The van der Waals surface area contributed by atoms with Crippen LogP contribution in [0.1, 0.15) is 17.3 Å². The molecule has 8 heteroatoms. The maximum Gasteiger partial charge on any atom is 0.280 e. The molecule has 1 aliphatic heterocycles. The van der Waals surface area contributed by atoms with Gasteiger partial charge in [0, 0.05) is 38.1 Å². The molecule has 1 aromatic carbocycles. The first-order chi connectivity index (χ1) is 13.4. The van der Waals surface area contributed by atoms with Crippen molar-refractivity contribution in [3.05, 3.63) is 60.4 Å². The number of fused-ring (bicyclic) bond motifs is 1. The summed E-state index contributed by atoms with van der Waals surface area (Å²) in [7, 11) is 1.96. The lowest BCUT2D eigenvalue weighted by Crippen LogP contribution is -2.37. The fourth-order valence-corrected chi connectivity index (χ4v) is 3.06. The van der Waals surface area contributed by atoms with Crippen molar-refractivity contribution in [3.8, 4) is 0 Å². The first-order valence-corrected chi connectivity index (χ1v) is 9.02. The molecule has 1 aromatic heterocycles. The molecule has 0 spiro atoms. The largest absolute Gasteiger partial charge is 0.373 e. The van der Waals surface area contributed by atoms with Crippen LogP contribution in [-0.2, 0) is 0 Å². The van der Waals surface area contributed by atoms with E-state index in [1.54, 1.807) is 4.90 Å². The van der Waals surface area contributed by atoms with Gasteiger partial charge in [0.1, 0.15) is 17.1 Å². The lowest BCUT2D eigenvalue weighted by molar-refractivity contribution is 0.0769. The Hall–Kier alpha value is -3.16. The van der Waals surface area contributed by atoms with Crippen LogP contribution in [0.25, 0.3) is 5.70 Å². The summed E-state index contributed by atoms with van der Waals surface area (Å²) in [5.74, 6) is -0.0382. The summed E-state index contributed by atoms with van der Waals surface area (Å²) in [6.45, 7) is 7.19. The van der Waals surface area contributed by atoms with Crippen LogP contribution in [0.15, 0.2) is 54.9 Å². The molecule has 3 rings (SSSR count). The van der Waals surface area contributed by atoms with Crippen molar-refractivity contribution in [2.45, 2.75) is 13.3 Å². The quantitative estimate of drug-likeness (QED) is 0.790. The first-order valence-electron chi connectivity index (χ1n) is 9.02. The molecule has 6 nitrogen and oxygen atoms in total. The molecular formula is C20H23F2N5O. The average Bonchev–Trinajstić information content (AvgIpc) is 3.11. The molecule has 2 heterocycles. The van der Waals surface area contributed by atoms with Crippen molar-refractivity contribution in [1.82, 2.24) is 14.7 Å². The molecule has 2 aromatic rings. The van der Waals surface area contributed by atoms with Crippen LogP contribution in [0.5, 0.6) is 0 Å². The third-order valence-corrected chi connectivity index (χ3v) is 4.64. The number of nitrogens with zero attached hydrogens (tertiary/aromatic N) is 4. The summed E-state index contributed by atoms with van der Waals surface area (Å²) in [6, 6.07) is 9.87. The van der Waals surface area contributed by atoms with Gasteiger partial charge in [-0.3, -0.25) is 4.79 Å². The van der Waals surface area contributed by atoms with Crippen molar-refractivity contribution in [3.63, 3.8) is 0 Å². The highest BCUT2D eigenvalue weighted by molar-refractivity contribution is 6.00. The Kier molecular flexibility index (Phi) is 5.77. The van der Waals surface area contributed by atoms with Crippen LogP contribution in [0.4, 0.5) is 20.3 Å². The normalized spacial score (nSPS) is 13.0. The Balaban J connectivity index is 1.76. The van der Waals surface area contributed by atoms with E-state index in [9.17, 15) is 13.6 Å². The number of likely N-dealkylation sites (N-methyl/N-ethyl adjacent to an activating group) is 2. The van der Waals surface area contributed by atoms with Crippen molar-refractivity contribution in [1.29, 1.82) is 0 Å². The van der Waals surface area contributed by atoms with E-state index in [4.69, 9.17) is 0 Å². The van der Waals surface area contributed by atoms with Crippen molar-refractivity contribution in [2.24, 2.45) is 0 Å². The zero-order valence-electron chi connectivity index (χ0n) is 15.9. The van der Waals surface area contributed by atoms with Crippen molar-refractivity contribution < 1.29 is 13.6 Å². The van der Waals surface area contributed by atoms with Crippen molar-refractivity contribution >= 4 is 23.1 Å². The number of carbonyl (C=O) groups excluding carboxylic acids is 1. The van der Waals surface area contributed by atoms with Gasteiger partial charge in [-0.15, -0.1) is 0 Å². The molecule has 0 fully saturated rings. The predicted molar refractivity (Wildman–Crippen MR) is 107 cm³/mol. The molecular weight excluding hydrogens is 364 g/mol. The highest BCUT2D eigenvalue weighted by Gasteiger charge is 2.28. The van der Waals surface area contributed by atoms with Gasteiger partial charge in [0.15, 0.2) is 0 Å². The molecule has 0 atom stereocenters. The number of aromatic nitrogens is 2. The van der Waals surface area contributed by atoms with Crippen LogP contribution < -0.4 is 10.2 Å². The fourth-order valence-electron chi connectivity index (χ4n) is 3.06. The maximum absolute atomic E-state index is 13.3. The minimum Gasteiger partial charge on any atom is -0.373 e. The van der Waals surface area contributed by atoms with E-state index in [0.717, 1.165) is 10.4 Å². The molecule has 0 aliphatic carbocycles. The maximum atomic E-state index is 13.3. The summed E-state index contributed by atoms with van der Waals surface area (Å²) < 4.78 is 27.6. The summed E-state index contributed by atoms with van der Waals surface area (Å²) in [6.07, 6.45) is -0.170. The van der Waals surface area contributed by atoms with Gasteiger partial charge in [-0.25, -0.2) is 13.5 Å². The standard InChI is InChI=1S/C20H23F2N5O/c1-4-26(11-10-25(3)15-8-6-5-7-9-15)20(28)16-13-23-27-17(18(21)22)12-14(2)24-19(16)27/h5-9,12-13,18,24H,2,4,10-11H2,1,3H3. The zero-order valence-corrected chi connectivity index (χ0v) is 15.9. The van der Waals surface area contributed by atoms with E-state index in [0.29, 0.717) is 25.3 Å². The molecule has 1 aliphatic rings. The third-order valence-electron chi connectivity index (χ3n) is 4.64. The monoisotopic (exact) mass is 387 g/mol. The number of alkyl halides is 2. The van der Waals surface area contributed by atoms with Crippen molar-refractivity contribution in [2.75, 3.05) is 36.9 Å². The molecule has 1 amide bonds. The summed E-state index contributed by atoms with van der Waals surface area (Å²) >= 11 is 0. The molecule has 0 saturated carbocycles. The number of amides is 1. The van der Waals surface area contributed by atoms with E-state index < -0.39 is 6.43 Å². The number of hydrogen-bond donors (Lipinski definition) is 1. The fraction of sp³-hybridized carbons (Fsp3) is 0.300. The van der Waals surface area contributed by atoms with Crippen LogP contribution in [0, 0.1) is 0 Å². The summed E-state index contributed by atoms with van der Waals surface area (Å²) in [5.41, 5.74) is 1.30. The van der Waals surface area contributed by atoms with E-state index in [2.05, 4.69) is 21.9 Å². The van der Waals surface area contributed by atoms with E-state index >= 15 is 0 Å². The van der Waals surface area contributed by atoms with Gasteiger partial charge in [0.2, 0.25) is 0 Å². The lowest BCUT2D eigenvalue weighted by atomic mass is 10.2. The Morgan fingerprint density at radius 2 is 2.00 bits per heavy atom. The number of rotatable bonds is 7. The highest BCUT2D eigenvalue weighted by atomic mass is 19.3. The second-order valence-corrected chi connectivity index (χ2v) is 6.48. The Morgan fingerprint density at radius 3 is 2.64 bits per heavy atom. The van der Waals surface area contributed by atoms with E-state index in [1.165, 1.54) is 12.3 Å². The Bertz CT molecular complexity index is 891. The molecule has 0 unspecified atom stereocenters. The molecule has 0 bridgehead atoms. The number of carbonyl (C=O) groups is 1. The zero-order chi connectivity index (χ0) is 20.3. The minimum atomic E-state index is -2.72. The van der Waals surface area contributed by atoms with Gasteiger partial charge >= 0.3 is 0 Å². The second kappa shape index (κ2) is 8.24. The van der Waals surface area contributed by atoms with E-state index in [1.807, 2.05) is 44.3 Å². The number of benzene rings is 1. The van der Waals surface area contributed by atoms with Gasteiger partial charge in [-0.05, 0) is 25.1 Å². The molecule has 1 N–H and O–H groups in total. The van der Waals surface area contributed by atoms with Gasteiger partial charge in [0.25, 0.3) is 12.3 Å². The van der Waals surface area contributed by atoms with Crippen LogP contribution in [0.2, 0.25) is 0 Å². The van der Waals surface area contributed by atoms with E-state index in [-0.39, 0.29) is 23.0 Å². The SMILES string of the molecule is C=C1C=C(C(F)F)n2ncc(C(=O)N(CC)CCN(C)c3ccccc3)c2N1. The summed E-state index contributed by atoms with van der Waals surface area (Å²) in [4.78, 5) is 16.7. The summed E-state index contributed by atoms with van der Waals surface area (Å²) in [5, 5.41) is 6.86. The minimum absolute atomic E-state index is 0.225. The third kappa shape index (κ3) is 3.90. The number of halogens is 2. The molecule has 0 saturated heterocycles. The highest BCUT2D eigenvalue weighted by Crippen LogP contribution is 2.30. The number of allylic oxidation sites excluding steroid dienone is 2. The van der Waals surface area contributed by atoms with Crippen LogP contribution in [-0.4, -0.2) is 53.7 Å². The average molecular weight is 387 g/mol. The number of anilines is 2. The van der Waals surface area contributed by atoms with Crippen LogP contribution >= 0.6 is 0 Å². The second-order valence-electron chi connectivity index (χ2n) is 6.48. The van der Waals surface area contributed by atoms with Gasteiger partial charge < -0.3 is 15.1 Å². The van der Waals surface area contributed by atoms with Crippen LogP contribution in [0.3, 0.4) is 0 Å². The topological polar surface area (TPSA) is 53.4 Å². The Labute approximate surface area is 162 Å². The first kappa shape index (κ1) is 19.6. The smallest absolute Gasteiger partial charge is 0.280 e. The molecule has 0 radical (unpaired) electrons. The Morgan fingerprint density at radius 1 is 1.29 bits per heavy atom. The lowest BCUT2D eigenvalue weighted by Gasteiger charge is -2.26. The number of nitrogens with one attached hydrogen (secondary N) is 1. The number of para-hydroxylation sites is 1. The van der Waals surface area contributed by atoms with Gasteiger partial charge in [-0.1, -0.05) is 24.8 Å². The number of hydrogen-bond acceptors (Lipinski definition) is 4.